The molecule has 0 fully saturated rings. The molecule has 3 nitrogen and oxygen atoms in total. The predicted molar refractivity (Wildman–Crippen MR) is 104 cm³/mol. The second-order valence-electron chi connectivity index (χ2n) is 6.34. The SMILES string of the molecule is CCCCCCCCCOP(=O)(Br)OCCCCCCCCC. The minimum absolute atomic E-state index is 0.521. The third-order valence-corrected chi connectivity index (χ3v) is 6.20. The summed E-state index contributed by atoms with van der Waals surface area (Å²) in [4.78, 5) is 0. The van der Waals surface area contributed by atoms with E-state index in [0.717, 1.165) is 25.7 Å². The van der Waals surface area contributed by atoms with Gasteiger partial charge < -0.3 is 9.05 Å². The maximum Gasteiger partial charge on any atom is 0.396 e. The van der Waals surface area contributed by atoms with Crippen LogP contribution >= 0.6 is 21.8 Å². The van der Waals surface area contributed by atoms with E-state index < -0.39 is 6.30 Å². The smallest absolute Gasteiger partial charge is 0.301 e. The average molecular weight is 413 g/mol. The zero-order valence-electron chi connectivity index (χ0n) is 15.4. The van der Waals surface area contributed by atoms with Crippen molar-refractivity contribution in [3.05, 3.63) is 0 Å². The van der Waals surface area contributed by atoms with Crippen LogP contribution in [0.4, 0.5) is 0 Å². The van der Waals surface area contributed by atoms with Gasteiger partial charge >= 0.3 is 6.30 Å². The molecule has 0 amide bonds. The van der Waals surface area contributed by atoms with E-state index in [0.29, 0.717) is 13.2 Å². The van der Waals surface area contributed by atoms with Crippen molar-refractivity contribution in [3.63, 3.8) is 0 Å². The summed E-state index contributed by atoms with van der Waals surface area (Å²) >= 11 is 3.10. The van der Waals surface area contributed by atoms with E-state index in [1.165, 1.54) is 64.2 Å². The molecule has 0 aromatic carbocycles. The van der Waals surface area contributed by atoms with Gasteiger partial charge in [-0.3, -0.25) is 0 Å². The first-order valence-electron chi connectivity index (χ1n) is 9.71. The molecule has 0 spiro atoms. The Balaban J connectivity index is 3.35. The Bertz CT molecular complexity index is 263. The van der Waals surface area contributed by atoms with Crippen molar-refractivity contribution in [3.8, 4) is 0 Å². The van der Waals surface area contributed by atoms with E-state index in [4.69, 9.17) is 9.05 Å². The van der Waals surface area contributed by atoms with Crippen LogP contribution in [0.3, 0.4) is 0 Å². The molecule has 0 rings (SSSR count). The summed E-state index contributed by atoms with van der Waals surface area (Å²) < 4.78 is 22.8. The van der Waals surface area contributed by atoms with Crippen molar-refractivity contribution in [2.75, 3.05) is 13.2 Å². The first-order valence-corrected chi connectivity index (χ1v) is 13.3. The summed E-state index contributed by atoms with van der Waals surface area (Å²) in [5, 5.41) is 0. The Kier molecular flexibility index (Phi) is 17.9. The number of halogens is 1. The highest BCUT2D eigenvalue weighted by atomic mass is 79.9. The summed E-state index contributed by atoms with van der Waals surface area (Å²) in [5.41, 5.74) is 0. The van der Waals surface area contributed by atoms with E-state index in [1.54, 1.807) is 0 Å². The molecule has 0 aromatic rings. The molecule has 0 aliphatic heterocycles. The molecule has 23 heavy (non-hydrogen) atoms. The van der Waals surface area contributed by atoms with Crippen molar-refractivity contribution in [2.24, 2.45) is 0 Å². The minimum Gasteiger partial charge on any atom is -0.301 e. The fraction of sp³-hybridized carbons (Fsp3) is 1.00. The van der Waals surface area contributed by atoms with Crippen LogP contribution in [0.25, 0.3) is 0 Å². The van der Waals surface area contributed by atoms with Crippen LogP contribution in [0.15, 0.2) is 0 Å². The lowest BCUT2D eigenvalue weighted by Crippen LogP contribution is -1.96. The van der Waals surface area contributed by atoms with Gasteiger partial charge in [-0.2, -0.15) is 0 Å². The molecule has 0 N–H and O–H groups in total. The topological polar surface area (TPSA) is 35.5 Å². The third kappa shape index (κ3) is 18.8. The summed E-state index contributed by atoms with van der Waals surface area (Å²) in [6.07, 6.45) is 14.2. The Morgan fingerprint density at radius 3 is 1.26 bits per heavy atom. The molecule has 0 aliphatic rings. The maximum absolute atomic E-state index is 12.0. The summed E-state index contributed by atoms with van der Waals surface area (Å²) in [7, 11) is 0. The Morgan fingerprint density at radius 2 is 0.913 bits per heavy atom. The number of hydrogen-bond acceptors (Lipinski definition) is 3. The van der Waals surface area contributed by atoms with Crippen molar-refractivity contribution in [2.45, 2.75) is 104 Å². The molecule has 0 saturated heterocycles. The molecule has 0 unspecified atom stereocenters. The normalized spacial score (nSPS) is 12.0. The van der Waals surface area contributed by atoms with Gasteiger partial charge in [-0.15, -0.1) is 0 Å². The largest absolute Gasteiger partial charge is 0.396 e. The van der Waals surface area contributed by atoms with Crippen LogP contribution in [-0.4, -0.2) is 13.2 Å². The van der Waals surface area contributed by atoms with Gasteiger partial charge in [-0.05, 0) is 12.8 Å². The van der Waals surface area contributed by atoms with E-state index in [2.05, 4.69) is 29.3 Å². The quantitative estimate of drug-likeness (QED) is 0.169. The van der Waals surface area contributed by atoms with Crippen molar-refractivity contribution < 1.29 is 13.6 Å². The molecule has 0 atom stereocenters. The highest BCUT2D eigenvalue weighted by Crippen LogP contribution is 2.56. The Hall–Kier alpha value is 0.630. The fourth-order valence-electron chi connectivity index (χ4n) is 2.50. The van der Waals surface area contributed by atoms with Gasteiger partial charge in [0.1, 0.15) is 0 Å². The summed E-state index contributed by atoms with van der Waals surface area (Å²) in [6, 6.07) is 0. The monoisotopic (exact) mass is 412 g/mol. The van der Waals surface area contributed by atoms with Crippen LogP contribution in [0.1, 0.15) is 104 Å². The first kappa shape index (κ1) is 23.6. The lowest BCUT2D eigenvalue weighted by atomic mass is 10.1. The molecule has 0 aliphatic carbocycles. The highest BCUT2D eigenvalue weighted by Gasteiger charge is 2.18. The lowest BCUT2D eigenvalue weighted by molar-refractivity contribution is 0.213. The molecule has 0 saturated carbocycles. The van der Waals surface area contributed by atoms with Crippen molar-refractivity contribution in [1.82, 2.24) is 0 Å². The molecule has 5 heteroatoms. The number of unbranched alkanes of at least 4 members (excludes halogenated alkanes) is 12. The van der Waals surface area contributed by atoms with Gasteiger partial charge in [0.25, 0.3) is 0 Å². The molecule has 140 valence electrons. The van der Waals surface area contributed by atoms with E-state index in [9.17, 15) is 4.57 Å². The van der Waals surface area contributed by atoms with Gasteiger partial charge in [0.2, 0.25) is 0 Å². The molecule has 0 bridgehead atoms. The number of rotatable bonds is 18. The standard InChI is InChI=1S/C18H38BrO3P/c1-3-5-7-9-11-13-15-17-21-23(19,20)22-18-16-14-12-10-8-6-4-2/h3-18H2,1-2H3. The van der Waals surface area contributed by atoms with E-state index in [-0.39, 0.29) is 0 Å². The molecule has 0 aromatic heterocycles. The van der Waals surface area contributed by atoms with Crippen molar-refractivity contribution >= 4 is 21.8 Å². The summed E-state index contributed by atoms with van der Waals surface area (Å²) in [5.74, 6) is 0. The highest BCUT2D eigenvalue weighted by molar-refractivity contribution is 9.39. The second kappa shape index (κ2) is 17.5. The van der Waals surface area contributed by atoms with Crippen LogP contribution in [0.5, 0.6) is 0 Å². The molecule has 0 heterocycles. The second-order valence-corrected chi connectivity index (χ2v) is 10.3. The van der Waals surface area contributed by atoms with Gasteiger partial charge in [0, 0.05) is 15.5 Å². The zero-order chi connectivity index (χ0) is 17.2. The third-order valence-electron chi connectivity index (χ3n) is 3.99. The van der Waals surface area contributed by atoms with Gasteiger partial charge in [0.05, 0.1) is 13.2 Å². The zero-order valence-corrected chi connectivity index (χ0v) is 17.8. The van der Waals surface area contributed by atoms with Crippen LogP contribution in [-0.2, 0) is 13.6 Å². The van der Waals surface area contributed by atoms with Gasteiger partial charge in [-0.1, -0.05) is 90.9 Å². The average Bonchev–Trinajstić information content (AvgIpc) is 2.52. The van der Waals surface area contributed by atoms with E-state index in [1.807, 2.05) is 0 Å². The molecular formula is C18H38BrO3P. The Labute approximate surface area is 152 Å². The number of hydrogen-bond donors (Lipinski definition) is 0. The molecular weight excluding hydrogens is 375 g/mol. The van der Waals surface area contributed by atoms with E-state index >= 15 is 0 Å². The van der Waals surface area contributed by atoms with Crippen LogP contribution < -0.4 is 0 Å². The van der Waals surface area contributed by atoms with Gasteiger partial charge in [-0.25, -0.2) is 4.57 Å². The van der Waals surface area contributed by atoms with Gasteiger partial charge in [0.15, 0.2) is 0 Å². The minimum atomic E-state index is -3.01. The first-order chi connectivity index (χ1) is 11.1. The fourth-order valence-corrected chi connectivity index (χ4v) is 4.14. The summed E-state index contributed by atoms with van der Waals surface area (Å²) in [6.45, 7) is 5.50. The Morgan fingerprint density at radius 1 is 0.609 bits per heavy atom. The maximum atomic E-state index is 12.0. The predicted octanol–water partition coefficient (Wildman–Crippen LogP) is 8.02. The van der Waals surface area contributed by atoms with Crippen LogP contribution in [0, 0.1) is 0 Å². The molecule has 0 radical (unpaired) electrons. The lowest BCUT2D eigenvalue weighted by Gasteiger charge is -2.12. The van der Waals surface area contributed by atoms with Crippen LogP contribution in [0.2, 0.25) is 0 Å². The van der Waals surface area contributed by atoms with Crippen molar-refractivity contribution in [1.29, 1.82) is 0 Å².